The van der Waals surface area contributed by atoms with E-state index in [0.29, 0.717) is 26.1 Å². The van der Waals surface area contributed by atoms with Crippen molar-refractivity contribution < 1.29 is 22.7 Å². The number of piperidine rings is 1. The van der Waals surface area contributed by atoms with Crippen LogP contribution in [0.2, 0.25) is 0 Å². The van der Waals surface area contributed by atoms with E-state index in [2.05, 4.69) is 24.9 Å². The first-order chi connectivity index (χ1) is 13.3. The van der Waals surface area contributed by atoms with E-state index in [-0.39, 0.29) is 41.7 Å². The zero-order valence-electron chi connectivity index (χ0n) is 16.2. The van der Waals surface area contributed by atoms with E-state index in [0.717, 1.165) is 30.9 Å². The van der Waals surface area contributed by atoms with Gasteiger partial charge in [0.2, 0.25) is 11.8 Å². The lowest BCUT2D eigenvalue weighted by atomic mass is 9.95. The summed E-state index contributed by atoms with van der Waals surface area (Å²) in [6, 6.07) is 3.03. The lowest BCUT2D eigenvalue weighted by molar-refractivity contribution is -0.154. The Morgan fingerprint density at radius 1 is 1.45 bits per heavy atom. The largest absolute Gasteiger partial charge is 0.468 e. The number of pyridine rings is 1. The molecular formula is C18H27F3IN5O2. The number of halogens is 4. The number of primary amides is 1. The van der Waals surface area contributed by atoms with Gasteiger partial charge in [-0.05, 0) is 31.2 Å². The van der Waals surface area contributed by atoms with Gasteiger partial charge >= 0.3 is 6.18 Å². The first-order valence-corrected chi connectivity index (χ1v) is 9.23. The van der Waals surface area contributed by atoms with Gasteiger partial charge in [0.1, 0.15) is 0 Å². The summed E-state index contributed by atoms with van der Waals surface area (Å²) in [5.74, 6) is 0.561. The number of aliphatic imine (C=N–C) groups is 1. The number of nitrogens with two attached hydrogens (primary N) is 1. The van der Waals surface area contributed by atoms with Gasteiger partial charge in [0, 0.05) is 38.3 Å². The average molecular weight is 529 g/mol. The topological polar surface area (TPSA) is 92.8 Å². The fraction of sp³-hybridized carbons (Fsp3) is 0.611. The monoisotopic (exact) mass is 529 g/mol. The molecule has 2 heterocycles. The smallest absolute Gasteiger partial charge is 0.422 e. The minimum Gasteiger partial charge on any atom is -0.468 e. The first-order valence-electron chi connectivity index (χ1n) is 9.23. The molecule has 164 valence electrons. The molecule has 0 radical (unpaired) electrons. The Hall–Kier alpha value is -1.79. The van der Waals surface area contributed by atoms with E-state index in [4.69, 9.17) is 5.73 Å². The van der Waals surface area contributed by atoms with Gasteiger partial charge in [-0.2, -0.15) is 13.2 Å². The number of hydrogen-bond donors (Lipinski definition) is 2. The van der Waals surface area contributed by atoms with Crippen molar-refractivity contribution in [2.45, 2.75) is 38.9 Å². The maximum Gasteiger partial charge on any atom is 0.422 e. The molecule has 2 rings (SSSR count). The molecule has 1 fully saturated rings. The summed E-state index contributed by atoms with van der Waals surface area (Å²) in [5.41, 5.74) is 6.06. The maximum atomic E-state index is 12.2. The number of hydrogen-bond acceptors (Lipinski definition) is 4. The number of carbonyl (C=O) groups excluding carboxylic acids is 1. The molecule has 0 aliphatic carbocycles. The molecule has 1 aromatic rings. The molecule has 1 amide bonds. The van der Waals surface area contributed by atoms with Crippen LogP contribution in [0.3, 0.4) is 0 Å². The standard InChI is InChI=1S/C18H26F3N5O2.HI/c1-2-23-17(26-7-3-4-13(11-26)8-15(22)27)25-10-14-5-6-16(24-9-14)28-12-18(19,20)21;/h5-6,9,13H,2-4,7-8,10-12H2,1H3,(H2,22,27)(H,23,25);1H. The van der Waals surface area contributed by atoms with Crippen LogP contribution in [0.1, 0.15) is 31.7 Å². The van der Waals surface area contributed by atoms with Gasteiger partial charge in [-0.25, -0.2) is 9.98 Å². The van der Waals surface area contributed by atoms with Gasteiger partial charge in [0.15, 0.2) is 12.6 Å². The lowest BCUT2D eigenvalue weighted by Crippen LogP contribution is -2.47. The predicted octanol–water partition coefficient (Wildman–Crippen LogP) is 2.69. The number of nitrogens with one attached hydrogen (secondary N) is 1. The second-order valence-corrected chi connectivity index (χ2v) is 6.70. The number of rotatable bonds is 7. The summed E-state index contributed by atoms with van der Waals surface area (Å²) in [6.45, 7) is 3.16. The zero-order chi connectivity index (χ0) is 20.6. The molecule has 0 saturated carbocycles. The molecule has 1 aromatic heterocycles. The Labute approximate surface area is 185 Å². The van der Waals surface area contributed by atoms with Gasteiger partial charge in [-0.3, -0.25) is 4.79 Å². The number of amides is 1. The van der Waals surface area contributed by atoms with Gasteiger partial charge in [-0.1, -0.05) is 6.07 Å². The zero-order valence-corrected chi connectivity index (χ0v) is 18.6. The SMILES string of the molecule is CCNC(=NCc1ccc(OCC(F)(F)F)nc1)N1CCCC(CC(N)=O)C1.I. The van der Waals surface area contributed by atoms with E-state index in [9.17, 15) is 18.0 Å². The van der Waals surface area contributed by atoms with Crippen molar-refractivity contribution in [2.75, 3.05) is 26.2 Å². The van der Waals surface area contributed by atoms with Crippen molar-refractivity contribution in [1.82, 2.24) is 15.2 Å². The van der Waals surface area contributed by atoms with Gasteiger partial charge in [0.25, 0.3) is 0 Å². The summed E-state index contributed by atoms with van der Waals surface area (Å²) in [7, 11) is 0. The molecule has 1 saturated heterocycles. The number of aromatic nitrogens is 1. The van der Waals surface area contributed by atoms with Crippen LogP contribution in [-0.2, 0) is 11.3 Å². The van der Waals surface area contributed by atoms with Gasteiger partial charge in [0.05, 0.1) is 6.54 Å². The maximum absolute atomic E-state index is 12.2. The minimum absolute atomic E-state index is 0. The Morgan fingerprint density at radius 2 is 2.21 bits per heavy atom. The summed E-state index contributed by atoms with van der Waals surface area (Å²) >= 11 is 0. The van der Waals surface area contributed by atoms with Crippen molar-refractivity contribution in [3.05, 3.63) is 23.9 Å². The van der Waals surface area contributed by atoms with E-state index in [1.807, 2.05) is 6.92 Å². The van der Waals surface area contributed by atoms with Crippen molar-refractivity contribution in [2.24, 2.45) is 16.6 Å². The first kappa shape index (κ1) is 25.2. The van der Waals surface area contributed by atoms with Crippen LogP contribution in [0.4, 0.5) is 13.2 Å². The van der Waals surface area contributed by atoms with Crippen LogP contribution < -0.4 is 15.8 Å². The Kier molecular flexibility index (Phi) is 10.5. The highest BCUT2D eigenvalue weighted by molar-refractivity contribution is 14.0. The van der Waals surface area contributed by atoms with E-state index >= 15 is 0 Å². The van der Waals surface area contributed by atoms with E-state index in [1.54, 1.807) is 6.07 Å². The van der Waals surface area contributed by atoms with Gasteiger partial charge in [-0.15, -0.1) is 24.0 Å². The molecule has 0 spiro atoms. The molecule has 0 bridgehead atoms. The third-order valence-corrected chi connectivity index (χ3v) is 4.24. The third kappa shape index (κ3) is 9.50. The van der Waals surface area contributed by atoms with Crippen LogP contribution in [0, 0.1) is 5.92 Å². The molecule has 7 nitrogen and oxygen atoms in total. The van der Waals surface area contributed by atoms with Crippen molar-refractivity contribution in [1.29, 1.82) is 0 Å². The fourth-order valence-electron chi connectivity index (χ4n) is 3.05. The van der Waals surface area contributed by atoms with E-state index < -0.39 is 12.8 Å². The summed E-state index contributed by atoms with van der Waals surface area (Å²) in [4.78, 5) is 21.8. The van der Waals surface area contributed by atoms with Crippen LogP contribution in [0.15, 0.2) is 23.3 Å². The van der Waals surface area contributed by atoms with E-state index in [1.165, 1.54) is 12.3 Å². The average Bonchev–Trinajstić information content (AvgIpc) is 2.63. The molecule has 29 heavy (non-hydrogen) atoms. The highest BCUT2D eigenvalue weighted by atomic mass is 127. The summed E-state index contributed by atoms with van der Waals surface area (Å²) in [5, 5.41) is 3.23. The summed E-state index contributed by atoms with van der Waals surface area (Å²) in [6.07, 6.45) is -0.673. The third-order valence-electron chi connectivity index (χ3n) is 4.24. The molecular weight excluding hydrogens is 502 g/mol. The number of likely N-dealkylation sites (tertiary alicyclic amines) is 1. The summed E-state index contributed by atoms with van der Waals surface area (Å²) < 4.78 is 41.1. The van der Waals surface area contributed by atoms with Crippen molar-refractivity contribution in [3.8, 4) is 5.88 Å². The highest BCUT2D eigenvalue weighted by Crippen LogP contribution is 2.20. The normalized spacial score (nSPS) is 17.4. The number of guanidine groups is 1. The Bertz CT molecular complexity index is 670. The second kappa shape index (κ2) is 12.0. The lowest BCUT2D eigenvalue weighted by Gasteiger charge is -2.34. The van der Waals surface area contributed by atoms with Crippen LogP contribution in [-0.4, -0.2) is 54.2 Å². The number of nitrogens with zero attached hydrogens (tertiary/aromatic N) is 3. The molecule has 1 unspecified atom stereocenters. The molecule has 0 aromatic carbocycles. The highest BCUT2D eigenvalue weighted by Gasteiger charge is 2.28. The Balaban J connectivity index is 0.00000420. The van der Waals surface area contributed by atoms with Crippen molar-refractivity contribution >= 4 is 35.8 Å². The molecule has 3 N–H and O–H groups in total. The molecule has 1 atom stereocenters. The van der Waals surface area contributed by atoms with Crippen LogP contribution in [0.5, 0.6) is 5.88 Å². The molecule has 1 aliphatic heterocycles. The second-order valence-electron chi connectivity index (χ2n) is 6.70. The van der Waals surface area contributed by atoms with Crippen molar-refractivity contribution in [3.63, 3.8) is 0 Å². The van der Waals surface area contributed by atoms with Gasteiger partial charge < -0.3 is 20.7 Å². The fourth-order valence-corrected chi connectivity index (χ4v) is 3.05. The Morgan fingerprint density at radius 3 is 2.79 bits per heavy atom. The quantitative estimate of drug-likeness (QED) is 0.322. The number of alkyl halides is 3. The van der Waals surface area contributed by atoms with Crippen LogP contribution >= 0.6 is 24.0 Å². The predicted molar refractivity (Wildman–Crippen MR) is 114 cm³/mol. The minimum atomic E-state index is -4.40. The number of ether oxygens (including phenoxy) is 1. The molecule has 1 aliphatic rings. The molecule has 11 heteroatoms. The van der Waals surface area contributed by atoms with Crippen LogP contribution in [0.25, 0.3) is 0 Å². The number of carbonyl (C=O) groups is 1.